The van der Waals surface area contributed by atoms with Gasteiger partial charge in [-0.1, -0.05) is 50.2 Å². The highest BCUT2D eigenvalue weighted by Crippen LogP contribution is 2.42. The summed E-state index contributed by atoms with van der Waals surface area (Å²) < 4.78 is 11.8. The van der Waals surface area contributed by atoms with Gasteiger partial charge in [-0.25, -0.2) is 0 Å². The third-order valence-corrected chi connectivity index (χ3v) is 4.93. The molecule has 0 radical (unpaired) electrons. The summed E-state index contributed by atoms with van der Waals surface area (Å²) in [6, 6.07) is 17.3. The van der Waals surface area contributed by atoms with Gasteiger partial charge in [-0.15, -0.1) is 0 Å². The molecule has 1 atom stereocenters. The molecule has 0 spiro atoms. The Kier molecular flexibility index (Phi) is 5.27. The van der Waals surface area contributed by atoms with E-state index in [0.717, 1.165) is 30.6 Å². The molecule has 4 heteroatoms. The van der Waals surface area contributed by atoms with Crippen molar-refractivity contribution in [2.75, 3.05) is 6.61 Å². The zero-order valence-corrected chi connectivity index (χ0v) is 14.8. The van der Waals surface area contributed by atoms with E-state index in [9.17, 15) is 4.79 Å². The standard InChI is InChI=1S/C21H25NO3/c1-3-21(4-2)14-18(17-12-8-9-13-19(17)25-21)22-20(23)15-24-16-10-6-5-7-11-16/h5-13,18H,3-4,14-15H2,1-2H3,(H,22,23)/t18-/m0/s1. The molecule has 1 amide bonds. The lowest BCUT2D eigenvalue weighted by atomic mass is 9.83. The van der Waals surface area contributed by atoms with E-state index in [1.807, 2.05) is 54.6 Å². The van der Waals surface area contributed by atoms with Crippen LogP contribution in [0, 0.1) is 0 Å². The molecule has 25 heavy (non-hydrogen) atoms. The van der Waals surface area contributed by atoms with Gasteiger partial charge in [0.1, 0.15) is 17.1 Å². The fraction of sp³-hybridized carbons (Fsp3) is 0.381. The summed E-state index contributed by atoms with van der Waals surface area (Å²) in [5, 5.41) is 3.12. The molecule has 0 saturated carbocycles. The third kappa shape index (κ3) is 3.95. The number of fused-ring (bicyclic) bond motifs is 1. The van der Waals surface area contributed by atoms with E-state index in [2.05, 4.69) is 19.2 Å². The second kappa shape index (κ2) is 7.60. The van der Waals surface area contributed by atoms with Crippen LogP contribution < -0.4 is 14.8 Å². The maximum absolute atomic E-state index is 12.4. The van der Waals surface area contributed by atoms with Crippen LogP contribution in [0.5, 0.6) is 11.5 Å². The molecule has 0 unspecified atom stereocenters. The van der Waals surface area contributed by atoms with E-state index in [4.69, 9.17) is 9.47 Å². The van der Waals surface area contributed by atoms with Gasteiger partial charge in [0.2, 0.25) is 0 Å². The molecule has 0 aromatic heterocycles. The SMILES string of the molecule is CCC1(CC)C[C@H](NC(=O)COc2ccccc2)c2ccccc2O1. The van der Waals surface area contributed by atoms with Crippen molar-refractivity contribution in [2.24, 2.45) is 0 Å². The van der Waals surface area contributed by atoms with Gasteiger partial charge < -0.3 is 14.8 Å². The second-order valence-corrected chi connectivity index (χ2v) is 6.46. The van der Waals surface area contributed by atoms with Gasteiger partial charge in [-0.05, 0) is 31.0 Å². The Bertz CT molecular complexity index is 710. The smallest absolute Gasteiger partial charge is 0.258 e. The lowest BCUT2D eigenvalue weighted by Gasteiger charge is -2.41. The number of hydrogen-bond donors (Lipinski definition) is 1. The van der Waals surface area contributed by atoms with Crippen molar-refractivity contribution in [2.45, 2.75) is 44.8 Å². The number of nitrogens with one attached hydrogen (secondary N) is 1. The average Bonchev–Trinajstić information content (AvgIpc) is 2.67. The van der Waals surface area contributed by atoms with Crippen molar-refractivity contribution in [3.8, 4) is 11.5 Å². The minimum Gasteiger partial charge on any atom is -0.487 e. The van der Waals surface area contributed by atoms with Crippen LogP contribution in [-0.4, -0.2) is 18.1 Å². The first-order valence-electron chi connectivity index (χ1n) is 8.91. The molecule has 1 aliphatic rings. The molecule has 1 heterocycles. The van der Waals surface area contributed by atoms with Crippen LogP contribution in [0.3, 0.4) is 0 Å². The molecule has 0 aliphatic carbocycles. The van der Waals surface area contributed by atoms with Crippen LogP contribution in [0.1, 0.15) is 44.7 Å². The summed E-state index contributed by atoms with van der Waals surface area (Å²) in [4.78, 5) is 12.4. The number of carbonyl (C=O) groups is 1. The van der Waals surface area contributed by atoms with Gasteiger partial charge in [0, 0.05) is 12.0 Å². The Morgan fingerprint density at radius 3 is 2.52 bits per heavy atom. The lowest BCUT2D eigenvalue weighted by molar-refractivity contribution is -0.124. The van der Waals surface area contributed by atoms with E-state index < -0.39 is 0 Å². The molecular formula is C21H25NO3. The van der Waals surface area contributed by atoms with Crippen LogP contribution in [0.2, 0.25) is 0 Å². The average molecular weight is 339 g/mol. The number of amides is 1. The lowest BCUT2D eigenvalue weighted by Crippen LogP contribution is -2.45. The van der Waals surface area contributed by atoms with Crippen molar-refractivity contribution in [3.05, 3.63) is 60.2 Å². The number of ether oxygens (including phenoxy) is 2. The fourth-order valence-corrected chi connectivity index (χ4v) is 3.33. The molecule has 0 fully saturated rings. The van der Waals surface area contributed by atoms with Crippen molar-refractivity contribution >= 4 is 5.91 Å². The van der Waals surface area contributed by atoms with Crippen molar-refractivity contribution in [1.82, 2.24) is 5.32 Å². The zero-order valence-electron chi connectivity index (χ0n) is 14.8. The van der Waals surface area contributed by atoms with E-state index in [1.54, 1.807) is 0 Å². The first-order chi connectivity index (χ1) is 12.2. The predicted molar refractivity (Wildman–Crippen MR) is 97.8 cm³/mol. The summed E-state index contributed by atoms with van der Waals surface area (Å²) in [6.07, 6.45) is 2.59. The Balaban J connectivity index is 1.70. The van der Waals surface area contributed by atoms with E-state index >= 15 is 0 Å². The summed E-state index contributed by atoms with van der Waals surface area (Å²) in [6.45, 7) is 4.28. The summed E-state index contributed by atoms with van der Waals surface area (Å²) in [5.41, 5.74) is 0.806. The molecule has 1 N–H and O–H groups in total. The normalized spacial score (nSPS) is 17.9. The number of para-hydroxylation sites is 2. The quantitative estimate of drug-likeness (QED) is 0.855. The predicted octanol–water partition coefficient (Wildman–Crippen LogP) is 4.26. The molecular weight excluding hydrogens is 314 g/mol. The second-order valence-electron chi connectivity index (χ2n) is 6.46. The molecule has 0 saturated heterocycles. The largest absolute Gasteiger partial charge is 0.487 e. The highest BCUT2D eigenvalue weighted by Gasteiger charge is 2.38. The van der Waals surface area contributed by atoms with Crippen molar-refractivity contribution in [3.63, 3.8) is 0 Å². The Morgan fingerprint density at radius 1 is 1.12 bits per heavy atom. The molecule has 4 nitrogen and oxygen atoms in total. The number of benzene rings is 2. The van der Waals surface area contributed by atoms with Crippen molar-refractivity contribution in [1.29, 1.82) is 0 Å². The van der Waals surface area contributed by atoms with Gasteiger partial charge in [-0.3, -0.25) is 4.79 Å². The Labute approximate surface area is 149 Å². The number of rotatable bonds is 6. The summed E-state index contributed by atoms with van der Waals surface area (Å²) in [7, 11) is 0. The summed E-state index contributed by atoms with van der Waals surface area (Å²) in [5.74, 6) is 1.44. The minimum atomic E-state index is -0.230. The molecule has 3 rings (SSSR count). The Hall–Kier alpha value is -2.49. The van der Waals surface area contributed by atoms with Gasteiger partial charge in [0.05, 0.1) is 6.04 Å². The van der Waals surface area contributed by atoms with E-state index in [-0.39, 0.29) is 24.2 Å². The minimum absolute atomic E-state index is 0.00872. The monoisotopic (exact) mass is 339 g/mol. The maximum Gasteiger partial charge on any atom is 0.258 e. The maximum atomic E-state index is 12.4. The highest BCUT2D eigenvalue weighted by molar-refractivity contribution is 5.78. The highest BCUT2D eigenvalue weighted by atomic mass is 16.5. The zero-order chi connectivity index (χ0) is 17.7. The topological polar surface area (TPSA) is 47.6 Å². The first kappa shape index (κ1) is 17.3. The first-order valence-corrected chi connectivity index (χ1v) is 8.91. The molecule has 0 bridgehead atoms. The molecule has 2 aromatic carbocycles. The van der Waals surface area contributed by atoms with Crippen molar-refractivity contribution < 1.29 is 14.3 Å². The van der Waals surface area contributed by atoms with Gasteiger partial charge in [0.25, 0.3) is 5.91 Å². The van der Waals surface area contributed by atoms with Crippen LogP contribution in [-0.2, 0) is 4.79 Å². The summed E-state index contributed by atoms with van der Waals surface area (Å²) >= 11 is 0. The molecule has 1 aliphatic heterocycles. The molecule has 132 valence electrons. The fourth-order valence-electron chi connectivity index (χ4n) is 3.33. The van der Waals surface area contributed by atoms with E-state index in [1.165, 1.54) is 0 Å². The van der Waals surface area contributed by atoms with Gasteiger partial charge >= 0.3 is 0 Å². The Morgan fingerprint density at radius 2 is 1.80 bits per heavy atom. The van der Waals surface area contributed by atoms with E-state index in [0.29, 0.717) is 5.75 Å². The van der Waals surface area contributed by atoms with Crippen LogP contribution in [0.4, 0.5) is 0 Å². The van der Waals surface area contributed by atoms with Gasteiger partial charge in [0.15, 0.2) is 6.61 Å². The van der Waals surface area contributed by atoms with Crippen LogP contribution in [0.25, 0.3) is 0 Å². The third-order valence-electron chi connectivity index (χ3n) is 4.93. The number of hydrogen-bond acceptors (Lipinski definition) is 3. The molecule has 2 aromatic rings. The van der Waals surface area contributed by atoms with Crippen LogP contribution >= 0.6 is 0 Å². The van der Waals surface area contributed by atoms with Crippen LogP contribution in [0.15, 0.2) is 54.6 Å². The van der Waals surface area contributed by atoms with Gasteiger partial charge in [-0.2, -0.15) is 0 Å². The number of carbonyl (C=O) groups excluding carboxylic acids is 1.